The van der Waals surface area contributed by atoms with Crippen LogP contribution in [0.5, 0.6) is 11.5 Å². The van der Waals surface area contributed by atoms with Crippen LogP contribution >= 0.6 is 0 Å². The number of benzene rings is 1. The number of ether oxygens (including phenoxy) is 2. The van der Waals surface area contributed by atoms with E-state index in [4.69, 9.17) is 29.3 Å². The smallest absolute Gasteiger partial charge is 0.414 e. The molecule has 0 spiro atoms. The lowest BCUT2D eigenvalue weighted by Gasteiger charge is -2.34. The number of rotatable bonds is 3. The molecule has 1 aromatic carbocycles. The lowest BCUT2D eigenvalue weighted by Crippen LogP contribution is -2.48. The van der Waals surface area contributed by atoms with Gasteiger partial charge in [-0.3, -0.25) is 14.7 Å². The van der Waals surface area contributed by atoms with Crippen molar-refractivity contribution in [1.29, 1.82) is 0 Å². The van der Waals surface area contributed by atoms with Gasteiger partial charge >= 0.3 is 11.9 Å². The molecule has 0 saturated carbocycles. The van der Waals surface area contributed by atoms with Gasteiger partial charge in [-0.1, -0.05) is 6.07 Å². The number of pyridine rings is 1. The zero-order chi connectivity index (χ0) is 21.5. The molecular weight excluding hydrogens is 394 g/mol. The second kappa shape index (κ2) is 9.70. The average molecular weight is 415 g/mol. The van der Waals surface area contributed by atoms with Gasteiger partial charge in [0.25, 0.3) is 5.91 Å². The molecule has 1 fully saturated rings. The van der Waals surface area contributed by atoms with E-state index in [1.54, 1.807) is 18.5 Å². The van der Waals surface area contributed by atoms with Crippen molar-refractivity contribution in [3.05, 3.63) is 53.9 Å². The first-order valence-corrected chi connectivity index (χ1v) is 9.20. The fourth-order valence-electron chi connectivity index (χ4n) is 3.08. The lowest BCUT2D eigenvalue weighted by molar-refractivity contribution is -0.159. The van der Waals surface area contributed by atoms with Crippen molar-refractivity contribution in [3.63, 3.8) is 0 Å². The van der Waals surface area contributed by atoms with Crippen LogP contribution in [0.2, 0.25) is 0 Å². The molecule has 2 N–H and O–H groups in total. The molecule has 3 heterocycles. The maximum atomic E-state index is 12.4. The third-order valence-corrected chi connectivity index (χ3v) is 4.59. The molecule has 2 aliphatic heterocycles. The maximum Gasteiger partial charge on any atom is 0.414 e. The van der Waals surface area contributed by atoms with Gasteiger partial charge in [0, 0.05) is 45.1 Å². The van der Waals surface area contributed by atoms with E-state index in [-0.39, 0.29) is 5.91 Å². The number of fused-ring (bicyclic) bond motifs is 1. The largest absolute Gasteiger partial charge is 0.473 e. The van der Waals surface area contributed by atoms with E-state index in [2.05, 4.69) is 16.0 Å². The van der Waals surface area contributed by atoms with Gasteiger partial charge < -0.3 is 24.6 Å². The molecule has 0 atom stereocenters. The minimum absolute atomic E-state index is 0.0610. The number of piperazine rings is 1. The molecule has 2 aromatic rings. The van der Waals surface area contributed by atoms with E-state index in [1.165, 1.54) is 5.56 Å². The molecule has 0 unspecified atom stereocenters. The summed E-state index contributed by atoms with van der Waals surface area (Å²) >= 11 is 0. The third kappa shape index (κ3) is 5.45. The summed E-state index contributed by atoms with van der Waals surface area (Å²) in [5.41, 5.74) is 1.85. The van der Waals surface area contributed by atoms with Crippen LogP contribution in [-0.2, 0) is 16.1 Å². The number of carbonyl (C=O) groups is 3. The Bertz CT molecular complexity index is 900. The van der Waals surface area contributed by atoms with Crippen molar-refractivity contribution in [2.24, 2.45) is 0 Å². The normalized spacial score (nSPS) is 15.1. The van der Waals surface area contributed by atoms with Crippen molar-refractivity contribution in [2.75, 3.05) is 33.0 Å². The molecule has 4 rings (SSSR count). The minimum Gasteiger partial charge on any atom is -0.473 e. The Morgan fingerprint density at radius 1 is 0.967 bits per heavy atom. The summed E-state index contributed by atoms with van der Waals surface area (Å²) in [4.78, 5) is 38.9. The van der Waals surface area contributed by atoms with Gasteiger partial charge in [-0.15, -0.1) is 0 Å². The molecule has 2 aliphatic rings. The van der Waals surface area contributed by atoms with Crippen LogP contribution in [0, 0.1) is 0 Å². The van der Waals surface area contributed by atoms with E-state index < -0.39 is 11.9 Å². The molecule has 0 bridgehead atoms. The van der Waals surface area contributed by atoms with Crippen molar-refractivity contribution in [2.45, 2.75) is 6.54 Å². The summed E-state index contributed by atoms with van der Waals surface area (Å²) in [7, 11) is 0. The first-order valence-electron chi connectivity index (χ1n) is 9.20. The highest BCUT2D eigenvalue weighted by molar-refractivity contribution is 6.27. The zero-order valence-electron chi connectivity index (χ0n) is 16.1. The average Bonchev–Trinajstić information content (AvgIpc) is 3.23. The molecular formula is C20H21N3O7. The first-order chi connectivity index (χ1) is 14.4. The molecule has 1 aromatic heterocycles. The molecule has 158 valence electrons. The number of amides is 1. The maximum absolute atomic E-state index is 12.4. The Morgan fingerprint density at radius 3 is 2.30 bits per heavy atom. The van der Waals surface area contributed by atoms with Crippen LogP contribution in [0.3, 0.4) is 0 Å². The Labute approximate surface area is 172 Å². The van der Waals surface area contributed by atoms with Crippen LogP contribution in [0.4, 0.5) is 0 Å². The number of aliphatic carboxylic acids is 2. The highest BCUT2D eigenvalue weighted by Crippen LogP contribution is 2.32. The summed E-state index contributed by atoms with van der Waals surface area (Å²) in [6.45, 7) is 4.34. The summed E-state index contributed by atoms with van der Waals surface area (Å²) in [5, 5.41) is 14.8. The van der Waals surface area contributed by atoms with Gasteiger partial charge in [-0.05, 0) is 29.8 Å². The van der Waals surface area contributed by atoms with Crippen molar-refractivity contribution < 1.29 is 34.1 Å². The standard InChI is InChI=1S/C18H19N3O3.C2H2O4/c22-18(15-2-1-5-19-11-15)21-8-6-20(7-9-21)12-14-3-4-16-17(10-14)24-13-23-16;3-1(4)2(5)6/h1-5,10-11H,6-9,12-13H2;(H,3,4)(H,5,6). The Morgan fingerprint density at radius 2 is 1.67 bits per heavy atom. The van der Waals surface area contributed by atoms with Gasteiger partial charge in [0.15, 0.2) is 11.5 Å². The van der Waals surface area contributed by atoms with Gasteiger partial charge in [-0.25, -0.2) is 9.59 Å². The fraction of sp³-hybridized carbons (Fsp3) is 0.300. The van der Waals surface area contributed by atoms with E-state index in [0.29, 0.717) is 12.4 Å². The predicted octanol–water partition coefficient (Wildman–Crippen LogP) is 0.924. The summed E-state index contributed by atoms with van der Waals surface area (Å²) in [5.74, 6) is -1.96. The van der Waals surface area contributed by atoms with Crippen LogP contribution in [0.1, 0.15) is 15.9 Å². The number of aromatic nitrogens is 1. The predicted molar refractivity (Wildman–Crippen MR) is 103 cm³/mol. The van der Waals surface area contributed by atoms with E-state index in [0.717, 1.165) is 44.2 Å². The first kappa shape index (κ1) is 21.1. The van der Waals surface area contributed by atoms with E-state index in [1.807, 2.05) is 23.1 Å². The number of carboxylic acid groups (broad SMARTS) is 2. The SMILES string of the molecule is O=C(O)C(=O)O.O=C(c1cccnc1)N1CCN(Cc2ccc3c(c2)OCO3)CC1. The number of carboxylic acids is 2. The van der Waals surface area contributed by atoms with Gasteiger partial charge in [0.2, 0.25) is 6.79 Å². The number of hydrogen-bond donors (Lipinski definition) is 2. The monoisotopic (exact) mass is 415 g/mol. The van der Waals surface area contributed by atoms with Crippen molar-refractivity contribution >= 4 is 17.8 Å². The molecule has 10 heteroatoms. The zero-order valence-corrected chi connectivity index (χ0v) is 16.1. The van der Waals surface area contributed by atoms with Crippen LogP contribution in [0.25, 0.3) is 0 Å². The van der Waals surface area contributed by atoms with Crippen molar-refractivity contribution in [3.8, 4) is 11.5 Å². The molecule has 30 heavy (non-hydrogen) atoms. The lowest BCUT2D eigenvalue weighted by atomic mass is 10.1. The van der Waals surface area contributed by atoms with Crippen LogP contribution in [0.15, 0.2) is 42.7 Å². The van der Waals surface area contributed by atoms with Gasteiger partial charge in [0.05, 0.1) is 5.56 Å². The minimum atomic E-state index is -1.82. The molecule has 10 nitrogen and oxygen atoms in total. The Balaban J connectivity index is 0.000000377. The molecule has 1 saturated heterocycles. The topological polar surface area (TPSA) is 129 Å². The quantitative estimate of drug-likeness (QED) is 0.703. The number of nitrogens with zero attached hydrogens (tertiary/aromatic N) is 3. The van der Waals surface area contributed by atoms with Gasteiger partial charge in [-0.2, -0.15) is 0 Å². The fourth-order valence-corrected chi connectivity index (χ4v) is 3.08. The summed E-state index contributed by atoms with van der Waals surface area (Å²) in [6.07, 6.45) is 3.31. The Hall–Kier alpha value is -3.66. The van der Waals surface area contributed by atoms with Crippen LogP contribution < -0.4 is 9.47 Å². The van der Waals surface area contributed by atoms with Crippen LogP contribution in [-0.4, -0.2) is 75.8 Å². The molecule has 0 radical (unpaired) electrons. The third-order valence-electron chi connectivity index (χ3n) is 4.59. The highest BCUT2D eigenvalue weighted by atomic mass is 16.7. The highest BCUT2D eigenvalue weighted by Gasteiger charge is 2.23. The second-order valence-corrected chi connectivity index (χ2v) is 6.61. The summed E-state index contributed by atoms with van der Waals surface area (Å²) in [6, 6.07) is 9.67. The van der Waals surface area contributed by atoms with Gasteiger partial charge in [0.1, 0.15) is 0 Å². The Kier molecular flexibility index (Phi) is 6.81. The molecule has 0 aliphatic carbocycles. The second-order valence-electron chi connectivity index (χ2n) is 6.61. The number of hydrogen-bond acceptors (Lipinski definition) is 7. The van der Waals surface area contributed by atoms with E-state index in [9.17, 15) is 4.79 Å². The molecule has 1 amide bonds. The van der Waals surface area contributed by atoms with E-state index >= 15 is 0 Å². The number of carbonyl (C=O) groups excluding carboxylic acids is 1. The summed E-state index contributed by atoms with van der Waals surface area (Å²) < 4.78 is 10.8. The van der Waals surface area contributed by atoms with Crippen molar-refractivity contribution in [1.82, 2.24) is 14.8 Å².